The molecule has 0 aliphatic carbocycles. The van der Waals surface area contributed by atoms with Crippen LogP contribution in [0.4, 0.5) is 0 Å². The quantitative estimate of drug-likeness (QED) is 0.112. The Balaban J connectivity index is 1.63. The van der Waals surface area contributed by atoms with Gasteiger partial charge in [-0.3, -0.25) is 0 Å². The van der Waals surface area contributed by atoms with Crippen molar-refractivity contribution >= 4 is 90.7 Å². The molecule has 0 atom stereocenters. The first-order valence-electron chi connectivity index (χ1n) is 17.9. The number of thiophene rings is 4. The van der Waals surface area contributed by atoms with Crippen molar-refractivity contribution in [2.75, 3.05) is 0 Å². The van der Waals surface area contributed by atoms with Crippen molar-refractivity contribution in [2.24, 2.45) is 0 Å². The molecular formula is C40H58S4Si2. The summed E-state index contributed by atoms with van der Waals surface area (Å²) in [4.78, 5) is 6.02. The predicted molar refractivity (Wildman–Crippen MR) is 224 cm³/mol. The molecule has 5 aromatic rings. The highest BCUT2D eigenvalue weighted by Gasteiger charge is 2.46. The minimum Gasteiger partial charge on any atom is -0.144 e. The molecule has 0 nitrogen and oxygen atoms in total. The molecule has 6 heteroatoms. The monoisotopic (exact) mass is 722 g/mol. The maximum atomic E-state index is 2.56. The summed E-state index contributed by atoms with van der Waals surface area (Å²) in [6.07, 6.45) is 2.16. The molecule has 0 spiro atoms. The first-order valence-corrected chi connectivity index (χ1v) is 25.6. The zero-order valence-corrected chi connectivity index (χ0v) is 36.2. The predicted octanol–water partition coefficient (Wildman–Crippen LogP) is 14.5. The topological polar surface area (TPSA) is 0 Å². The average Bonchev–Trinajstić information content (AvgIpc) is 3.75. The van der Waals surface area contributed by atoms with Crippen molar-refractivity contribution in [1.29, 1.82) is 0 Å². The van der Waals surface area contributed by atoms with E-state index in [1.54, 1.807) is 20.1 Å². The summed E-state index contributed by atoms with van der Waals surface area (Å²) in [6, 6.07) is 15.1. The third-order valence-electron chi connectivity index (χ3n) is 11.7. The average molecular weight is 723 g/mol. The molecule has 0 saturated heterocycles. The van der Waals surface area contributed by atoms with Crippen LogP contribution in [0.1, 0.15) is 108 Å². The van der Waals surface area contributed by atoms with Crippen LogP contribution in [0.25, 0.3) is 39.7 Å². The molecule has 0 aliphatic rings. The Morgan fingerprint density at radius 2 is 0.761 bits per heavy atom. The third kappa shape index (κ3) is 5.53. The maximum absolute atomic E-state index is 2.56. The summed E-state index contributed by atoms with van der Waals surface area (Å²) in [5.74, 6) is 0. The molecule has 4 heterocycles. The van der Waals surface area contributed by atoms with Gasteiger partial charge in [0.1, 0.15) is 16.1 Å². The molecule has 0 radical (unpaired) electrons. The minimum absolute atomic E-state index is 0.736. The lowest BCUT2D eigenvalue weighted by Crippen LogP contribution is -2.54. The van der Waals surface area contributed by atoms with Crippen LogP contribution >= 0.6 is 45.3 Å². The number of aryl methyl sites for hydroxylation is 2. The Hall–Kier alpha value is -1.03. The summed E-state index contributed by atoms with van der Waals surface area (Å²) in [5, 5.41) is 2.97. The molecule has 0 fully saturated rings. The van der Waals surface area contributed by atoms with Gasteiger partial charge in [0.05, 0.1) is 0 Å². The first-order chi connectivity index (χ1) is 21.7. The van der Waals surface area contributed by atoms with Crippen LogP contribution < -0.4 is 9.00 Å². The van der Waals surface area contributed by atoms with Gasteiger partial charge in [-0.25, -0.2) is 0 Å². The molecule has 1 aromatic carbocycles. The fraction of sp³-hybridized carbons (Fsp3) is 0.550. The summed E-state index contributed by atoms with van der Waals surface area (Å²) >= 11 is 8.34. The smallest absolute Gasteiger partial charge is 0.107 e. The van der Waals surface area contributed by atoms with Gasteiger partial charge in [-0.1, -0.05) is 109 Å². The van der Waals surface area contributed by atoms with Crippen molar-refractivity contribution in [3.8, 4) is 19.5 Å². The van der Waals surface area contributed by atoms with Gasteiger partial charge in [-0.15, -0.1) is 45.3 Å². The highest BCUT2D eigenvalue weighted by molar-refractivity contribution is 7.34. The normalized spacial score (nSPS) is 13.5. The third-order valence-corrected chi connectivity index (χ3v) is 32.4. The van der Waals surface area contributed by atoms with E-state index in [2.05, 4.69) is 156 Å². The number of hydrogen-bond acceptors (Lipinski definition) is 4. The van der Waals surface area contributed by atoms with Gasteiger partial charge in [-0.05, 0) is 101 Å². The standard InChI is InChI=1S/C40H58S4Si2/c1-15-29-31-21-36-32(22-35(31)43-39(29)33-17-19-37(41-33)45(23(3)4,24(5)6)25(7)8)30(16-2)40(44-36)34-18-20-38(42-34)46(26(9)10,27(11)12)28(13)14/h17-28H,15-16H2,1-14H3. The lowest BCUT2D eigenvalue weighted by molar-refractivity contribution is 0.837. The second-order valence-electron chi connectivity index (χ2n) is 15.5. The van der Waals surface area contributed by atoms with Gasteiger partial charge in [0.15, 0.2) is 0 Å². The summed E-state index contributed by atoms with van der Waals surface area (Å²) in [5.41, 5.74) is 7.52. The van der Waals surface area contributed by atoms with Crippen LogP contribution in [0.3, 0.4) is 0 Å². The molecular weight excluding hydrogens is 665 g/mol. The van der Waals surface area contributed by atoms with Crippen LogP contribution in [0.15, 0.2) is 36.4 Å². The van der Waals surface area contributed by atoms with Gasteiger partial charge >= 0.3 is 0 Å². The van der Waals surface area contributed by atoms with Crippen LogP contribution in [0, 0.1) is 0 Å². The Labute approximate surface area is 298 Å². The molecule has 0 bridgehead atoms. The summed E-state index contributed by atoms with van der Waals surface area (Å²) in [6.45, 7) is 34.6. The number of hydrogen-bond donors (Lipinski definition) is 0. The van der Waals surface area contributed by atoms with E-state index < -0.39 is 16.1 Å². The van der Waals surface area contributed by atoms with Crippen LogP contribution in [0.2, 0.25) is 33.2 Å². The molecule has 4 aromatic heterocycles. The lowest BCUT2D eigenvalue weighted by Gasteiger charge is -2.42. The number of benzene rings is 1. The Kier molecular flexibility index (Phi) is 10.8. The van der Waals surface area contributed by atoms with Crippen molar-refractivity contribution in [3.63, 3.8) is 0 Å². The summed E-state index contributed by atoms with van der Waals surface area (Å²) < 4.78 is 6.34. The molecule has 0 amide bonds. The van der Waals surface area contributed by atoms with Gasteiger partial charge in [-0.2, -0.15) is 0 Å². The molecule has 0 N–H and O–H groups in total. The minimum atomic E-state index is -1.66. The molecule has 0 aliphatic heterocycles. The van der Waals surface area contributed by atoms with E-state index in [9.17, 15) is 0 Å². The van der Waals surface area contributed by atoms with Crippen LogP contribution in [-0.2, 0) is 12.8 Å². The van der Waals surface area contributed by atoms with E-state index in [0.29, 0.717) is 0 Å². The fourth-order valence-electron chi connectivity index (χ4n) is 9.98. The number of rotatable bonds is 12. The molecule has 5 rings (SSSR count). The SMILES string of the molecule is CCc1c(-c2ccc([Si](C(C)C)(C(C)C)C(C)C)s2)sc2cc3c(CC)c(-c4ccc([Si](C(C)C)(C(C)C)C(C)C)s4)sc3cc12. The molecule has 0 unspecified atom stereocenters. The van der Waals surface area contributed by atoms with Gasteiger partial charge < -0.3 is 0 Å². The molecule has 0 saturated carbocycles. The second-order valence-corrected chi connectivity index (χ2v) is 32.2. The Bertz CT molecular complexity index is 1630. The first kappa shape index (κ1) is 36.3. The van der Waals surface area contributed by atoms with Crippen molar-refractivity contribution in [3.05, 3.63) is 47.5 Å². The largest absolute Gasteiger partial charge is 0.144 e. The van der Waals surface area contributed by atoms with Crippen molar-refractivity contribution in [2.45, 2.75) is 143 Å². The lowest BCUT2D eigenvalue weighted by atomic mass is 10.0. The van der Waals surface area contributed by atoms with E-state index in [4.69, 9.17) is 0 Å². The second kappa shape index (κ2) is 13.7. The molecule has 46 heavy (non-hydrogen) atoms. The zero-order valence-electron chi connectivity index (χ0n) is 31.0. The van der Waals surface area contributed by atoms with E-state index in [1.165, 1.54) is 39.7 Å². The highest BCUT2D eigenvalue weighted by atomic mass is 32.1. The van der Waals surface area contributed by atoms with E-state index in [1.807, 2.05) is 22.7 Å². The van der Waals surface area contributed by atoms with E-state index in [0.717, 1.165) is 46.1 Å². The molecule has 250 valence electrons. The van der Waals surface area contributed by atoms with Crippen molar-refractivity contribution < 1.29 is 0 Å². The summed E-state index contributed by atoms with van der Waals surface area (Å²) in [7, 11) is -3.33. The highest BCUT2D eigenvalue weighted by Crippen LogP contribution is 2.50. The maximum Gasteiger partial charge on any atom is 0.107 e. The Morgan fingerprint density at radius 1 is 0.457 bits per heavy atom. The van der Waals surface area contributed by atoms with Crippen molar-refractivity contribution in [1.82, 2.24) is 0 Å². The van der Waals surface area contributed by atoms with Crippen LogP contribution in [0.5, 0.6) is 0 Å². The van der Waals surface area contributed by atoms with E-state index >= 15 is 0 Å². The number of fused-ring (bicyclic) bond motifs is 2. The van der Waals surface area contributed by atoms with Gasteiger partial charge in [0, 0.05) is 28.9 Å². The zero-order chi connectivity index (χ0) is 33.9. The van der Waals surface area contributed by atoms with E-state index in [-0.39, 0.29) is 0 Å². The fourth-order valence-corrected chi connectivity index (χ4v) is 32.9. The van der Waals surface area contributed by atoms with Gasteiger partial charge in [0.25, 0.3) is 0 Å². The van der Waals surface area contributed by atoms with Gasteiger partial charge in [0.2, 0.25) is 0 Å². The van der Waals surface area contributed by atoms with Crippen LogP contribution in [-0.4, -0.2) is 16.1 Å². The Morgan fingerprint density at radius 3 is 1.02 bits per heavy atom.